The molecule has 4 rings (SSSR count). The summed E-state index contributed by atoms with van der Waals surface area (Å²) in [5.41, 5.74) is 5.25. The molecule has 0 fully saturated rings. The number of aromatic nitrogens is 1. The molecule has 1 nitrogen and oxygen atoms in total. The van der Waals surface area contributed by atoms with Crippen molar-refractivity contribution in [1.82, 2.24) is 4.57 Å². The van der Waals surface area contributed by atoms with E-state index in [1.54, 1.807) is 0 Å². The van der Waals surface area contributed by atoms with E-state index in [-0.39, 0.29) is 0 Å². The molecule has 1 heterocycles. The Kier molecular flexibility index (Phi) is 9.58. The molecule has 0 bridgehead atoms. The van der Waals surface area contributed by atoms with Gasteiger partial charge in [0.25, 0.3) is 0 Å². The summed E-state index contributed by atoms with van der Waals surface area (Å²) in [7, 11) is 9.78. The Morgan fingerprint density at radius 3 is 2.48 bits per heavy atom. The first-order chi connectivity index (χ1) is 13.1. The van der Waals surface area contributed by atoms with Crippen molar-refractivity contribution in [2.24, 2.45) is 0 Å². The van der Waals surface area contributed by atoms with Crippen molar-refractivity contribution in [2.75, 3.05) is 0 Å². The van der Waals surface area contributed by atoms with Crippen LogP contribution in [0.3, 0.4) is 0 Å². The second-order valence-corrected chi connectivity index (χ2v) is 9.08. The molecule has 2 aromatic carbocycles. The first-order valence-electron chi connectivity index (χ1n) is 9.13. The average molecular weight is 434 g/mol. The Bertz CT molecular complexity index is 869. The fraction of sp³-hybridized carbons (Fsp3) is 0.261. The molecule has 0 unspecified atom stereocenters. The van der Waals surface area contributed by atoms with Crippen molar-refractivity contribution in [1.29, 1.82) is 0 Å². The van der Waals surface area contributed by atoms with E-state index < -0.39 is 17.0 Å². The molecule has 27 heavy (non-hydrogen) atoms. The number of aryl methyl sites for hydroxylation is 2. The predicted molar refractivity (Wildman–Crippen MR) is 115 cm³/mol. The van der Waals surface area contributed by atoms with Crippen LogP contribution in [-0.2, 0) is 17.0 Å². The molecule has 1 aliphatic rings. The molecular weight excluding hydrogens is 409 g/mol. The Morgan fingerprint density at radius 2 is 1.93 bits per heavy atom. The molecule has 4 heteroatoms. The fourth-order valence-corrected chi connectivity index (χ4v) is 3.18. The number of hydrogen-bond acceptors (Lipinski definition) is 0. The van der Waals surface area contributed by atoms with E-state index in [2.05, 4.69) is 92.2 Å². The summed E-state index contributed by atoms with van der Waals surface area (Å²) in [4.78, 5) is 0. The summed E-state index contributed by atoms with van der Waals surface area (Å²) >= 11 is -0.556. The maximum absolute atomic E-state index is 4.89. The Morgan fingerprint density at radius 1 is 1.19 bits per heavy atom. The van der Waals surface area contributed by atoms with Gasteiger partial charge in [0, 0.05) is 11.9 Å². The zero-order chi connectivity index (χ0) is 19.6. The fourth-order valence-electron chi connectivity index (χ4n) is 3.18. The van der Waals surface area contributed by atoms with Gasteiger partial charge in [0.2, 0.25) is 0 Å². The zero-order valence-electron chi connectivity index (χ0n) is 16.1. The molecule has 3 aromatic rings. The van der Waals surface area contributed by atoms with Gasteiger partial charge in [-0.1, -0.05) is 25.8 Å². The average Bonchev–Trinajstić information content (AvgIpc) is 3.36. The molecule has 0 saturated carbocycles. The molecule has 1 aliphatic carbocycles. The summed E-state index contributed by atoms with van der Waals surface area (Å²) < 4.78 is 2.25. The SMILES string of the molecule is CCCC1=[C-]CC=C1.Cc1cc(C)n(-c2cc3ccccc3[cH-]2)c1.[Cl][Ti][Cl]. The minimum atomic E-state index is -0.556. The van der Waals surface area contributed by atoms with E-state index >= 15 is 0 Å². The molecule has 0 amide bonds. The molecule has 0 N–H and O–H groups in total. The molecule has 0 spiro atoms. The van der Waals surface area contributed by atoms with Crippen LogP contribution in [-0.4, -0.2) is 4.57 Å². The van der Waals surface area contributed by atoms with Crippen molar-refractivity contribution >= 4 is 29.4 Å². The van der Waals surface area contributed by atoms with Crippen LogP contribution in [0.15, 0.2) is 66.4 Å². The number of allylic oxidation sites excluding steroid dienone is 4. The number of hydrogen-bond donors (Lipinski definition) is 0. The summed E-state index contributed by atoms with van der Waals surface area (Å²) in [6.45, 7) is 6.47. The van der Waals surface area contributed by atoms with Crippen LogP contribution in [0.1, 0.15) is 37.4 Å². The van der Waals surface area contributed by atoms with Gasteiger partial charge in [-0.2, -0.15) is 6.08 Å². The number of nitrogens with zero attached hydrogens (tertiary/aromatic N) is 1. The van der Waals surface area contributed by atoms with Gasteiger partial charge in [0.1, 0.15) is 0 Å². The van der Waals surface area contributed by atoms with Gasteiger partial charge in [-0.15, -0.1) is 47.5 Å². The van der Waals surface area contributed by atoms with E-state index in [9.17, 15) is 0 Å². The van der Waals surface area contributed by atoms with Gasteiger partial charge >= 0.3 is 35.6 Å². The first-order valence-corrected chi connectivity index (χ1v) is 13.4. The number of rotatable bonds is 3. The van der Waals surface area contributed by atoms with Gasteiger partial charge < -0.3 is 4.57 Å². The van der Waals surface area contributed by atoms with Gasteiger partial charge in [-0.05, 0) is 31.2 Å². The molecule has 0 atom stereocenters. The summed E-state index contributed by atoms with van der Waals surface area (Å²) in [5, 5.41) is 2.62. The third-order valence-electron chi connectivity index (χ3n) is 4.32. The first kappa shape index (κ1) is 22.2. The van der Waals surface area contributed by atoms with Crippen LogP contribution in [0.25, 0.3) is 16.5 Å². The van der Waals surface area contributed by atoms with E-state index in [1.165, 1.54) is 46.1 Å². The quantitative estimate of drug-likeness (QED) is 0.293. The third-order valence-corrected chi connectivity index (χ3v) is 4.32. The van der Waals surface area contributed by atoms with Crippen LogP contribution >= 0.6 is 18.6 Å². The standard InChI is InChI=1S/C15H14N.C8H11.2ClH.Ti/c1-11-7-12(2)16(10-11)15-8-13-5-3-4-6-14(13)9-15;1-2-5-8-6-3-4-7-8;;;/h3-10H,1-2H3;3,6H,2,4-5H2,1H3;2*1H;/q2*-1;;;+2/p-2. The Hall–Kier alpha value is -1.12. The third kappa shape index (κ3) is 6.77. The van der Waals surface area contributed by atoms with Crippen molar-refractivity contribution in [3.63, 3.8) is 0 Å². The Labute approximate surface area is 179 Å². The predicted octanol–water partition coefficient (Wildman–Crippen LogP) is 7.82. The molecule has 142 valence electrons. The zero-order valence-corrected chi connectivity index (χ0v) is 19.2. The van der Waals surface area contributed by atoms with Crippen LogP contribution in [0, 0.1) is 19.9 Å². The van der Waals surface area contributed by atoms with Crippen molar-refractivity contribution in [2.45, 2.75) is 40.0 Å². The monoisotopic (exact) mass is 433 g/mol. The second-order valence-electron chi connectivity index (χ2n) is 6.50. The number of fused-ring (bicyclic) bond motifs is 1. The van der Waals surface area contributed by atoms with Gasteiger partial charge in [0.05, 0.1) is 0 Å². The van der Waals surface area contributed by atoms with Crippen LogP contribution in [0.5, 0.6) is 0 Å². The second kappa shape index (κ2) is 11.7. The molecular formula is C23H25Cl2NTi-2. The maximum atomic E-state index is 4.89. The van der Waals surface area contributed by atoms with E-state index in [4.69, 9.17) is 18.6 Å². The van der Waals surface area contributed by atoms with E-state index in [0.29, 0.717) is 0 Å². The normalized spacial score (nSPS) is 12.1. The molecule has 0 aliphatic heterocycles. The topological polar surface area (TPSA) is 4.93 Å². The van der Waals surface area contributed by atoms with Crippen LogP contribution in [0.4, 0.5) is 0 Å². The van der Waals surface area contributed by atoms with Crippen molar-refractivity contribution in [3.8, 4) is 5.69 Å². The van der Waals surface area contributed by atoms with Crippen LogP contribution in [0.2, 0.25) is 0 Å². The van der Waals surface area contributed by atoms with Gasteiger partial charge in [-0.3, -0.25) is 6.08 Å². The molecule has 0 saturated heterocycles. The minimum absolute atomic E-state index is 0.556. The summed E-state index contributed by atoms with van der Waals surface area (Å²) in [6, 6.07) is 15.2. The van der Waals surface area contributed by atoms with E-state index in [0.717, 1.165) is 6.42 Å². The Balaban J connectivity index is 0.000000200. The summed E-state index contributed by atoms with van der Waals surface area (Å²) in [6.07, 6.45) is 13.3. The van der Waals surface area contributed by atoms with Crippen molar-refractivity contribution < 1.29 is 17.0 Å². The van der Waals surface area contributed by atoms with Gasteiger partial charge in [0.15, 0.2) is 0 Å². The van der Waals surface area contributed by atoms with E-state index in [1.807, 2.05) is 0 Å². The van der Waals surface area contributed by atoms with Gasteiger partial charge in [-0.25, -0.2) is 11.6 Å². The number of benzene rings is 1. The molecule has 1 aromatic heterocycles. The van der Waals surface area contributed by atoms with Crippen molar-refractivity contribution in [3.05, 3.63) is 83.7 Å². The number of halogens is 2. The molecule has 0 radical (unpaired) electrons. The van der Waals surface area contributed by atoms with Crippen LogP contribution < -0.4 is 0 Å². The summed E-state index contributed by atoms with van der Waals surface area (Å²) in [5.74, 6) is 0.